The van der Waals surface area contributed by atoms with Gasteiger partial charge in [0.05, 0.1) is 4.75 Å². The van der Waals surface area contributed by atoms with E-state index in [9.17, 15) is 4.79 Å². The number of hydrogen-bond donors (Lipinski definition) is 1. The van der Waals surface area contributed by atoms with E-state index in [-0.39, 0.29) is 11.4 Å². The van der Waals surface area contributed by atoms with Crippen molar-refractivity contribution in [1.82, 2.24) is 4.90 Å². The highest BCUT2D eigenvalue weighted by atomic mass is 32.2. The molecule has 92 valence electrons. The highest BCUT2D eigenvalue weighted by Crippen LogP contribution is 2.40. The maximum atomic E-state index is 12.4. The number of aliphatic hydroxyl groups is 1. The lowest BCUT2D eigenvalue weighted by Gasteiger charge is -2.28. The van der Waals surface area contributed by atoms with Crippen LogP contribution in [-0.4, -0.2) is 46.1 Å². The number of carbonyl (C=O) groups is 1. The summed E-state index contributed by atoms with van der Waals surface area (Å²) in [6.45, 7) is 4.08. The van der Waals surface area contributed by atoms with Gasteiger partial charge in [-0.1, -0.05) is 0 Å². The van der Waals surface area contributed by atoms with Crippen molar-refractivity contribution in [3.8, 4) is 0 Å². The van der Waals surface area contributed by atoms with Gasteiger partial charge in [0.25, 0.3) is 0 Å². The van der Waals surface area contributed by atoms with Gasteiger partial charge in [-0.2, -0.15) is 0 Å². The highest BCUT2D eigenvalue weighted by molar-refractivity contribution is 8.01. The van der Waals surface area contributed by atoms with E-state index >= 15 is 0 Å². The average Bonchev–Trinajstić information content (AvgIpc) is 2.88. The zero-order valence-electron chi connectivity index (χ0n) is 9.95. The molecule has 2 fully saturated rings. The second kappa shape index (κ2) is 4.96. The van der Waals surface area contributed by atoms with Gasteiger partial charge in [-0.15, -0.1) is 11.8 Å². The van der Waals surface area contributed by atoms with Crippen LogP contribution in [0.2, 0.25) is 0 Å². The number of carbonyl (C=O) groups excluding carboxylic acids is 1. The lowest BCUT2D eigenvalue weighted by molar-refractivity contribution is -0.132. The average molecular weight is 243 g/mol. The molecular weight excluding hydrogens is 222 g/mol. The van der Waals surface area contributed by atoms with Crippen LogP contribution in [0.4, 0.5) is 0 Å². The Morgan fingerprint density at radius 3 is 3.06 bits per heavy atom. The van der Waals surface area contributed by atoms with Crippen molar-refractivity contribution < 1.29 is 9.90 Å². The van der Waals surface area contributed by atoms with Gasteiger partial charge < -0.3 is 10.0 Å². The monoisotopic (exact) mass is 243 g/mol. The van der Waals surface area contributed by atoms with Crippen LogP contribution in [0.3, 0.4) is 0 Å². The summed E-state index contributed by atoms with van der Waals surface area (Å²) in [5.41, 5.74) is 0. The third-order valence-corrected chi connectivity index (χ3v) is 5.29. The topological polar surface area (TPSA) is 40.5 Å². The van der Waals surface area contributed by atoms with E-state index in [1.54, 1.807) is 0 Å². The molecule has 1 amide bonds. The molecule has 2 saturated heterocycles. The van der Waals surface area contributed by atoms with E-state index in [0.29, 0.717) is 11.8 Å². The van der Waals surface area contributed by atoms with Crippen LogP contribution in [0.1, 0.15) is 32.6 Å². The number of hydrogen-bond acceptors (Lipinski definition) is 3. The van der Waals surface area contributed by atoms with Gasteiger partial charge in [0.2, 0.25) is 5.91 Å². The second-order valence-electron chi connectivity index (χ2n) is 5.10. The van der Waals surface area contributed by atoms with Crippen LogP contribution in [0.15, 0.2) is 0 Å². The number of amides is 1. The van der Waals surface area contributed by atoms with E-state index in [1.807, 2.05) is 16.7 Å². The van der Waals surface area contributed by atoms with Crippen molar-refractivity contribution in [3.05, 3.63) is 0 Å². The van der Waals surface area contributed by atoms with Crippen molar-refractivity contribution in [1.29, 1.82) is 0 Å². The van der Waals surface area contributed by atoms with E-state index in [2.05, 4.69) is 6.92 Å². The van der Waals surface area contributed by atoms with Crippen molar-refractivity contribution in [2.75, 3.05) is 25.4 Å². The molecular formula is C12H21NO2S. The molecule has 2 atom stereocenters. The molecule has 1 N–H and O–H groups in total. The fourth-order valence-corrected chi connectivity index (χ4v) is 4.00. The summed E-state index contributed by atoms with van der Waals surface area (Å²) >= 11 is 1.81. The maximum Gasteiger partial charge on any atom is 0.238 e. The molecule has 2 rings (SSSR count). The molecule has 2 unspecified atom stereocenters. The molecule has 0 bridgehead atoms. The number of likely N-dealkylation sites (tertiary alicyclic amines) is 1. The van der Waals surface area contributed by atoms with Crippen LogP contribution in [-0.2, 0) is 4.79 Å². The summed E-state index contributed by atoms with van der Waals surface area (Å²) in [5.74, 6) is 1.97. The van der Waals surface area contributed by atoms with Gasteiger partial charge in [0.1, 0.15) is 0 Å². The normalized spacial score (nSPS) is 34.6. The molecule has 0 saturated carbocycles. The summed E-state index contributed by atoms with van der Waals surface area (Å²) in [7, 11) is 0. The zero-order valence-corrected chi connectivity index (χ0v) is 10.8. The number of nitrogens with zero attached hydrogens (tertiary/aromatic N) is 1. The van der Waals surface area contributed by atoms with Crippen LogP contribution in [0.25, 0.3) is 0 Å². The summed E-state index contributed by atoms with van der Waals surface area (Å²) in [6.07, 6.45) is 4.10. The van der Waals surface area contributed by atoms with Crippen LogP contribution in [0, 0.1) is 5.92 Å². The molecule has 0 aromatic carbocycles. The van der Waals surface area contributed by atoms with Gasteiger partial charge in [-0.3, -0.25) is 4.79 Å². The quantitative estimate of drug-likeness (QED) is 0.816. The Balaban J connectivity index is 1.91. The predicted molar refractivity (Wildman–Crippen MR) is 66.5 cm³/mol. The molecule has 0 aliphatic carbocycles. The minimum Gasteiger partial charge on any atom is -0.396 e. The Morgan fingerprint density at radius 1 is 1.62 bits per heavy atom. The lowest BCUT2D eigenvalue weighted by Crippen LogP contribution is -2.42. The predicted octanol–water partition coefficient (Wildman–Crippen LogP) is 1.50. The molecule has 2 aliphatic rings. The van der Waals surface area contributed by atoms with E-state index < -0.39 is 0 Å². The fraction of sp³-hybridized carbons (Fsp3) is 0.917. The summed E-state index contributed by atoms with van der Waals surface area (Å²) in [5, 5.41) is 8.91. The minimum atomic E-state index is -0.159. The van der Waals surface area contributed by atoms with Crippen LogP contribution < -0.4 is 0 Å². The maximum absolute atomic E-state index is 12.4. The largest absolute Gasteiger partial charge is 0.396 e. The smallest absolute Gasteiger partial charge is 0.238 e. The van der Waals surface area contributed by atoms with E-state index in [0.717, 1.165) is 38.1 Å². The second-order valence-corrected chi connectivity index (χ2v) is 6.70. The molecule has 0 aromatic rings. The molecule has 2 heterocycles. The number of rotatable bonds is 3. The number of thioether (sulfide) groups is 1. The third kappa shape index (κ3) is 2.38. The Hall–Kier alpha value is -0.220. The summed E-state index contributed by atoms with van der Waals surface area (Å²) in [6, 6.07) is 0. The van der Waals surface area contributed by atoms with Crippen molar-refractivity contribution in [3.63, 3.8) is 0 Å². The highest BCUT2D eigenvalue weighted by Gasteiger charge is 2.41. The van der Waals surface area contributed by atoms with E-state index in [4.69, 9.17) is 5.11 Å². The van der Waals surface area contributed by atoms with Gasteiger partial charge in [0, 0.05) is 19.7 Å². The Kier molecular flexibility index (Phi) is 3.80. The first-order chi connectivity index (χ1) is 7.65. The first-order valence-electron chi connectivity index (χ1n) is 6.20. The van der Waals surface area contributed by atoms with Crippen molar-refractivity contribution in [2.24, 2.45) is 5.92 Å². The summed E-state index contributed by atoms with van der Waals surface area (Å²) in [4.78, 5) is 14.4. The van der Waals surface area contributed by atoms with Gasteiger partial charge >= 0.3 is 0 Å². The molecule has 0 radical (unpaired) electrons. The lowest BCUT2D eigenvalue weighted by atomic mass is 10.0. The third-order valence-electron chi connectivity index (χ3n) is 3.78. The van der Waals surface area contributed by atoms with Gasteiger partial charge in [-0.05, 0) is 44.3 Å². The van der Waals surface area contributed by atoms with E-state index in [1.165, 1.54) is 6.42 Å². The Labute approximate surface area is 102 Å². The minimum absolute atomic E-state index is 0.159. The molecule has 4 heteroatoms. The first kappa shape index (κ1) is 12.2. The fourth-order valence-electron chi connectivity index (χ4n) is 2.72. The van der Waals surface area contributed by atoms with Crippen molar-refractivity contribution in [2.45, 2.75) is 37.4 Å². The first-order valence-corrected chi connectivity index (χ1v) is 7.18. The molecule has 3 nitrogen and oxygen atoms in total. The van der Waals surface area contributed by atoms with Gasteiger partial charge in [-0.25, -0.2) is 0 Å². The SMILES string of the molecule is CC1(C(=O)N2CCC(CCO)C2)CCCS1. The molecule has 2 aliphatic heterocycles. The van der Waals surface area contributed by atoms with Crippen LogP contribution in [0.5, 0.6) is 0 Å². The summed E-state index contributed by atoms with van der Waals surface area (Å²) < 4.78 is -0.159. The Bertz CT molecular complexity index is 264. The molecule has 0 spiro atoms. The Morgan fingerprint density at radius 2 is 2.44 bits per heavy atom. The van der Waals surface area contributed by atoms with Crippen LogP contribution >= 0.6 is 11.8 Å². The van der Waals surface area contributed by atoms with Crippen molar-refractivity contribution >= 4 is 17.7 Å². The standard InChI is InChI=1S/C12H21NO2S/c1-12(5-2-8-16-12)11(15)13-6-3-10(9-13)4-7-14/h10,14H,2-9H2,1H3. The molecule has 16 heavy (non-hydrogen) atoms. The van der Waals surface area contributed by atoms with Gasteiger partial charge in [0.15, 0.2) is 0 Å². The zero-order chi connectivity index (χ0) is 11.6. The molecule has 0 aromatic heterocycles. The number of aliphatic hydroxyl groups excluding tert-OH is 1.